The molecular formula is C8H14IN. The van der Waals surface area contributed by atoms with Crippen LogP contribution in [0.1, 0.15) is 27.2 Å². The molecule has 0 aromatic heterocycles. The number of nitrogens with zero attached hydrogens (tertiary/aromatic N) is 1. The highest BCUT2D eigenvalue weighted by molar-refractivity contribution is 14.1. The molecule has 0 rings (SSSR count). The van der Waals surface area contributed by atoms with Gasteiger partial charge in [0.05, 0.1) is 6.07 Å². The van der Waals surface area contributed by atoms with E-state index in [0.717, 1.165) is 6.42 Å². The maximum atomic E-state index is 8.56. The van der Waals surface area contributed by atoms with Gasteiger partial charge in [0, 0.05) is 0 Å². The predicted molar refractivity (Wildman–Crippen MR) is 52.0 cm³/mol. The first-order valence-corrected chi connectivity index (χ1v) is 4.86. The Hall–Kier alpha value is 0.220. The van der Waals surface area contributed by atoms with Crippen molar-refractivity contribution in [2.24, 2.45) is 11.8 Å². The fraction of sp³-hybridized carbons (Fsp3) is 0.875. The fourth-order valence-corrected chi connectivity index (χ4v) is 1.28. The molecule has 0 bridgehead atoms. The van der Waals surface area contributed by atoms with Gasteiger partial charge in [0.2, 0.25) is 0 Å². The van der Waals surface area contributed by atoms with Crippen molar-refractivity contribution >= 4 is 22.6 Å². The topological polar surface area (TPSA) is 23.8 Å². The predicted octanol–water partition coefficient (Wildman–Crippen LogP) is 3.00. The summed E-state index contributed by atoms with van der Waals surface area (Å²) in [5, 5.41) is 8.56. The lowest BCUT2D eigenvalue weighted by atomic mass is 9.97. The summed E-state index contributed by atoms with van der Waals surface area (Å²) in [6, 6.07) is 2.26. The maximum absolute atomic E-state index is 8.56. The summed E-state index contributed by atoms with van der Waals surface area (Å²) in [7, 11) is 0. The third-order valence-corrected chi connectivity index (χ3v) is 2.97. The average Bonchev–Trinajstić information content (AvgIpc) is 1.85. The second-order valence-corrected chi connectivity index (χ2v) is 4.48. The van der Waals surface area contributed by atoms with Gasteiger partial charge in [-0.3, -0.25) is 0 Å². The molecule has 2 unspecified atom stereocenters. The molecule has 2 heteroatoms. The molecule has 2 atom stereocenters. The minimum absolute atomic E-state index is 0.181. The molecule has 10 heavy (non-hydrogen) atoms. The molecule has 1 nitrogen and oxygen atoms in total. The monoisotopic (exact) mass is 251 g/mol. The van der Waals surface area contributed by atoms with Gasteiger partial charge in [-0.25, -0.2) is 0 Å². The number of alkyl halides is 1. The minimum atomic E-state index is 0.181. The van der Waals surface area contributed by atoms with E-state index < -0.39 is 0 Å². The van der Waals surface area contributed by atoms with Crippen molar-refractivity contribution in [2.45, 2.75) is 31.1 Å². The van der Waals surface area contributed by atoms with Gasteiger partial charge in [-0.1, -0.05) is 43.4 Å². The van der Waals surface area contributed by atoms with Crippen molar-refractivity contribution in [2.75, 3.05) is 0 Å². The molecule has 0 aromatic rings. The third-order valence-electron chi connectivity index (χ3n) is 1.47. The normalized spacial score (nSPS) is 16.4. The van der Waals surface area contributed by atoms with Crippen molar-refractivity contribution < 1.29 is 0 Å². The van der Waals surface area contributed by atoms with Crippen LogP contribution in [0, 0.1) is 23.2 Å². The molecular weight excluding hydrogens is 237 g/mol. The molecule has 0 radical (unpaired) electrons. The van der Waals surface area contributed by atoms with Crippen LogP contribution >= 0.6 is 22.6 Å². The minimum Gasteiger partial charge on any atom is -0.197 e. The molecule has 0 aliphatic heterocycles. The smallest absolute Gasteiger partial charge is 0.100 e. The highest BCUT2D eigenvalue weighted by atomic mass is 127. The first kappa shape index (κ1) is 10.2. The zero-order valence-corrected chi connectivity index (χ0v) is 8.92. The summed E-state index contributed by atoms with van der Waals surface area (Å²) in [5.74, 6) is 1.24. The van der Waals surface area contributed by atoms with Crippen LogP contribution in [0.15, 0.2) is 0 Å². The zero-order valence-electron chi connectivity index (χ0n) is 6.76. The second-order valence-electron chi connectivity index (χ2n) is 3.14. The van der Waals surface area contributed by atoms with Crippen molar-refractivity contribution in [1.29, 1.82) is 5.26 Å². The van der Waals surface area contributed by atoms with E-state index in [1.165, 1.54) is 0 Å². The summed E-state index contributed by atoms with van der Waals surface area (Å²) in [6.07, 6.45) is 1.15. The second kappa shape index (κ2) is 4.95. The molecule has 0 N–H and O–H groups in total. The van der Waals surface area contributed by atoms with E-state index in [1.54, 1.807) is 0 Å². The number of halogens is 1. The highest BCUT2D eigenvalue weighted by Gasteiger charge is 2.13. The molecule has 0 heterocycles. The average molecular weight is 251 g/mol. The number of rotatable bonds is 3. The van der Waals surface area contributed by atoms with Gasteiger partial charge in [-0.2, -0.15) is 5.26 Å². The summed E-state index contributed by atoms with van der Waals surface area (Å²) in [6.45, 7) is 6.52. The quantitative estimate of drug-likeness (QED) is 0.558. The summed E-state index contributed by atoms with van der Waals surface area (Å²) < 4.78 is 0.181. The molecule has 0 amide bonds. The van der Waals surface area contributed by atoms with Crippen molar-refractivity contribution in [3.63, 3.8) is 0 Å². The van der Waals surface area contributed by atoms with Crippen LogP contribution < -0.4 is 0 Å². The fourth-order valence-electron chi connectivity index (χ4n) is 0.990. The summed E-state index contributed by atoms with van der Waals surface area (Å²) in [5.41, 5.74) is 0. The van der Waals surface area contributed by atoms with E-state index in [-0.39, 0.29) is 3.92 Å². The van der Waals surface area contributed by atoms with E-state index in [2.05, 4.69) is 49.4 Å². The van der Waals surface area contributed by atoms with Gasteiger partial charge in [-0.05, 0) is 18.3 Å². The molecule has 58 valence electrons. The van der Waals surface area contributed by atoms with Gasteiger partial charge in [0.1, 0.15) is 3.92 Å². The van der Waals surface area contributed by atoms with Gasteiger partial charge in [0.25, 0.3) is 0 Å². The van der Waals surface area contributed by atoms with Crippen LogP contribution in [0.4, 0.5) is 0 Å². The number of hydrogen-bond acceptors (Lipinski definition) is 1. The van der Waals surface area contributed by atoms with Crippen LogP contribution in [0.25, 0.3) is 0 Å². The van der Waals surface area contributed by atoms with E-state index in [1.807, 2.05) is 0 Å². The van der Waals surface area contributed by atoms with E-state index in [9.17, 15) is 0 Å². The lowest BCUT2D eigenvalue weighted by molar-refractivity contribution is 0.458. The lowest BCUT2D eigenvalue weighted by Crippen LogP contribution is -2.10. The standard InChI is InChI=1S/C8H14IN/c1-6(2)4-7(3)8(9)5-10/h6-8H,4H2,1-3H3. The molecule has 0 aliphatic rings. The highest BCUT2D eigenvalue weighted by Crippen LogP contribution is 2.19. The molecule has 0 aromatic carbocycles. The van der Waals surface area contributed by atoms with Gasteiger partial charge in [-0.15, -0.1) is 0 Å². The Kier molecular flexibility index (Phi) is 5.06. The van der Waals surface area contributed by atoms with Crippen molar-refractivity contribution in [3.05, 3.63) is 0 Å². The maximum Gasteiger partial charge on any atom is 0.100 e. The zero-order chi connectivity index (χ0) is 8.15. The molecule has 0 aliphatic carbocycles. The summed E-state index contributed by atoms with van der Waals surface area (Å²) in [4.78, 5) is 0. The van der Waals surface area contributed by atoms with E-state index >= 15 is 0 Å². The van der Waals surface area contributed by atoms with Crippen LogP contribution in [0.3, 0.4) is 0 Å². The largest absolute Gasteiger partial charge is 0.197 e. The lowest BCUT2D eigenvalue weighted by Gasteiger charge is -2.13. The first-order valence-electron chi connectivity index (χ1n) is 3.61. The summed E-state index contributed by atoms with van der Waals surface area (Å²) >= 11 is 2.20. The Morgan fingerprint density at radius 1 is 1.40 bits per heavy atom. The molecule has 0 spiro atoms. The number of hydrogen-bond donors (Lipinski definition) is 0. The molecule has 0 saturated heterocycles. The SMILES string of the molecule is CC(C)CC(C)C(I)C#N. The van der Waals surface area contributed by atoms with Crippen LogP contribution in [0.2, 0.25) is 0 Å². The van der Waals surface area contributed by atoms with E-state index in [4.69, 9.17) is 5.26 Å². The van der Waals surface area contributed by atoms with Gasteiger partial charge < -0.3 is 0 Å². The Labute approximate surface area is 76.9 Å². The van der Waals surface area contributed by atoms with Crippen LogP contribution in [-0.2, 0) is 0 Å². The molecule has 0 fully saturated rings. The Balaban J connectivity index is 3.64. The molecule has 0 saturated carbocycles. The van der Waals surface area contributed by atoms with Crippen LogP contribution in [-0.4, -0.2) is 3.92 Å². The first-order chi connectivity index (χ1) is 4.57. The number of nitriles is 1. The van der Waals surface area contributed by atoms with Gasteiger partial charge >= 0.3 is 0 Å². The van der Waals surface area contributed by atoms with Gasteiger partial charge in [0.15, 0.2) is 0 Å². The van der Waals surface area contributed by atoms with E-state index in [0.29, 0.717) is 11.8 Å². The Bertz CT molecular complexity index is 126. The van der Waals surface area contributed by atoms with Crippen molar-refractivity contribution in [1.82, 2.24) is 0 Å². The third kappa shape index (κ3) is 4.10. The van der Waals surface area contributed by atoms with Crippen LogP contribution in [0.5, 0.6) is 0 Å². The Morgan fingerprint density at radius 2 is 1.90 bits per heavy atom. The Morgan fingerprint density at radius 3 is 2.20 bits per heavy atom. The van der Waals surface area contributed by atoms with Crippen molar-refractivity contribution in [3.8, 4) is 6.07 Å².